The van der Waals surface area contributed by atoms with E-state index in [0.29, 0.717) is 6.41 Å². The minimum atomic E-state index is 0.682. The number of methoxy groups -OCH3 is 1. The molecule has 1 N–H and O–H groups in total. The summed E-state index contributed by atoms with van der Waals surface area (Å²) in [5.41, 5.74) is 1.92. The smallest absolute Gasteiger partial charge is 0.211 e. The second-order valence-electron chi connectivity index (χ2n) is 2.64. The van der Waals surface area contributed by atoms with Gasteiger partial charge in [-0.2, -0.15) is 0 Å². The molecule has 0 saturated heterocycles. The molecule has 1 aromatic carbocycles. The van der Waals surface area contributed by atoms with Crippen LogP contribution in [0.2, 0.25) is 0 Å². The Bertz CT molecular complexity index is 297. The Morgan fingerprint density at radius 3 is 2.85 bits per heavy atom. The number of rotatable bonds is 4. The Balaban J connectivity index is 3.00. The van der Waals surface area contributed by atoms with Crippen molar-refractivity contribution in [2.24, 2.45) is 0 Å². The largest absolute Gasteiger partial charge is 0.497 e. The number of ether oxygens (including phenoxy) is 1. The Kier molecular flexibility index (Phi) is 3.31. The summed E-state index contributed by atoms with van der Waals surface area (Å²) >= 11 is 0. The lowest BCUT2D eigenvalue weighted by atomic mass is 10.1. The molecule has 0 aromatic heterocycles. The normalized spacial score (nSPS) is 9.38. The number of carbonyl (C=O) groups excluding carboxylic acids is 1. The maximum absolute atomic E-state index is 10.3. The number of hydrogen-bond donors (Lipinski definition) is 1. The first-order chi connectivity index (χ1) is 6.31. The van der Waals surface area contributed by atoms with Crippen LogP contribution in [0.5, 0.6) is 5.75 Å². The summed E-state index contributed by atoms with van der Waals surface area (Å²) in [7, 11) is 1.63. The van der Waals surface area contributed by atoms with E-state index in [9.17, 15) is 4.79 Å². The van der Waals surface area contributed by atoms with Gasteiger partial charge in [-0.05, 0) is 30.2 Å². The fourth-order valence-corrected chi connectivity index (χ4v) is 1.19. The van der Waals surface area contributed by atoms with Crippen molar-refractivity contribution in [1.29, 1.82) is 0 Å². The van der Waals surface area contributed by atoms with E-state index in [-0.39, 0.29) is 0 Å². The predicted molar refractivity (Wildman–Crippen MR) is 52.1 cm³/mol. The average molecular weight is 179 g/mol. The molecule has 13 heavy (non-hydrogen) atoms. The third-order valence-corrected chi connectivity index (χ3v) is 1.91. The Morgan fingerprint density at radius 2 is 2.31 bits per heavy atom. The van der Waals surface area contributed by atoms with Crippen LogP contribution in [0.3, 0.4) is 0 Å². The summed E-state index contributed by atoms with van der Waals surface area (Å²) < 4.78 is 5.07. The highest BCUT2D eigenvalue weighted by molar-refractivity contribution is 5.73. The molecule has 0 fully saturated rings. The van der Waals surface area contributed by atoms with Crippen molar-refractivity contribution in [3.8, 4) is 5.75 Å². The average Bonchev–Trinajstić information content (AvgIpc) is 2.19. The molecule has 70 valence electrons. The van der Waals surface area contributed by atoms with Crippen molar-refractivity contribution in [1.82, 2.24) is 0 Å². The summed E-state index contributed by atoms with van der Waals surface area (Å²) in [6.07, 6.45) is 1.55. The molecule has 0 spiro atoms. The molecule has 0 aliphatic carbocycles. The van der Waals surface area contributed by atoms with Crippen LogP contribution < -0.4 is 10.1 Å². The molecule has 0 saturated carbocycles. The zero-order valence-corrected chi connectivity index (χ0v) is 7.83. The van der Waals surface area contributed by atoms with E-state index < -0.39 is 0 Å². The van der Waals surface area contributed by atoms with Crippen LogP contribution in [0, 0.1) is 0 Å². The molecule has 0 atom stereocenters. The topological polar surface area (TPSA) is 38.3 Å². The Morgan fingerprint density at radius 1 is 1.54 bits per heavy atom. The van der Waals surface area contributed by atoms with Crippen LogP contribution in [-0.4, -0.2) is 13.5 Å². The third-order valence-electron chi connectivity index (χ3n) is 1.91. The Hall–Kier alpha value is -1.51. The first-order valence-corrected chi connectivity index (χ1v) is 4.19. The molecule has 1 rings (SSSR count). The summed E-state index contributed by atoms with van der Waals surface area (Å²) in [4.78, 5) is 10.3. The summed E-state index contributed by atoms with van der Waals surface area (Å²) in [5, 5.41) is 2.64. The molecule has 0 heterocycles. The van der Waals surface area contributed by atoms with Gasteiger partial charge in [0.2, 0.25) is 6.41 Å². The molecule has 0 radical (unpaired) electrons. The lowest BCUT2D eigenvalue weighted by molar-refractivity contribution is -0.105. The van der Waals surface area contributed by atoms with Crippen LogP contribution >= 0.6 is 0 Å². The number of nitrogens with one attached hydrogen (secondary N) is 1. The minimum absolute atomic E-state index is 0.682. The first kappa shape index (κ1) is 9.58. The van der Waals surface area contributed by atoms with Gasteiger partial charge in [0, 0.05) is 5.69 Å². The highest BCUT2D eigenvalue weighted by Crippen LogP contribution is 2.21. The fraction of sp³-hybridized carbons (Fsp3) is 0.300. The second kappa shape index (κ2) is 4.50. The van der Waals surface area contributed by atoms with E-state index in [4.69, 9.17) is 4.74 Å². The molecule has 0 aliphatic heterocycles. The van der Waals surface area contributed by atoms with E-state index >= 15 is 0 Å². The van der Waals surface area contributed by atoms with Crippen molar-refractivity contribution >= 4 is 12.1 Å². The third kappa shape index (κ3) is 2.21. The van der Waals surface area contributed by atoms with Crippen LogP contribution in [0.25, 0.3) is 0 Å². The van der Waals surface area contributed by atoms with Crippen molar-refractivity contribution in [3.63, 3.8) is 0 Å². The number of anilines is 1. The van der Waals surface area contributed by atoms with Gasteiger partial charge in [0.25, 0.3) is 0 Å². The number of carbonyl (C=O) groups is 1. The second-order valence-corrected chi connectivity index (χ2v) is 2.64. The molecule has 3 nitrogen and oxygen atoms in total. The van der Waals surface area contributed by atoms with Gasteiger partial charge in [-0.25, -0.2) is 0 Å². The van der Waals surface area contributed by atoms with Gasteiger partial charge >= 0.3 is 0 Å². The predicted octanol–water partition coefficient (Wildman–Crippen LogP) is 1.83. The highest BCUT2D eigenvalue weighted by atomic mass is 16.5. The van der Waals surface area contributed by atoms with Gasteiger partial charge in [-0.1, -0.05) is 6.92 Å². The SMILES string of the molecule is CCc1cc(OC)ccc1NC=O. The zero-order valence-electron chi connectivity index (χ0n) is 7.83. The molecular formula is C10H13NO2. The maximum atomic E-state index is 10.3. The van der Waals surface area contributed by atoms with Crippen LogP contribution in [0.4, 0.5) is 5.69 Å². The summed E-state index contributed by atoms with van der Waals surface area (Å²) in [6, 6.07) is 5.59. The van der Waals surface area contributed by atoms with Crippen LogP contribution in [-0.2, 0) is 11.2 Å². The summed E-state index contributed by atoms with van der Waals surface area (Å²) in [5.74, 6) is 0.813. The fourth-order valence-electron chi connectivity index (χ4n) is 1.19. The van der Waals surface area contributed by atoms with Gasteiger partial charge in [-0.15, -0.1) is 0 Å². The number of hydrogen-bond acceptors (Lipinski definition) is 2. The van der Waals surface area contributed by atoms with Gasteiger partial charge < -0.3 is 10.1 Å². The van der Waals surface area contributed by atoms with Crippen molar-refractivity contribution in [3.05, 3.63) is 23.8 Å². The molecule has 0 aliphatic rings. The van der Waals surface area contributed by atoms with Gasteiger partial charge in [-0.3, -0.25) is 4.79 Å². The van der Waals surface area contributed by atoms with Crippen molar-refractivity contribution in [2.75, 3.05) is 12.4 Å². The van der Waals surface area contributed by atoms with E-state index in [1.807, 2.05) is 25.1 Å². The zero-order chi connectivity index (χ0) is 9.68. The number of amides is 1. The molecule has 1 aromatic rings. The Labute approximate surface area is 77.7 Å². The first-order valence-electron chi connectivity index (χ1n) is 4.19. The lowest BCUT2D eigenvalue weighted by Crippen LogP contribution is -1.98. The van der Waals surface area contributed by atoms with Gasteiger partial charge in [0.15, 0.2) is 0 Å². The molecule has 0 bridgehead atoms. The van der Waals surface area contributed by atoms with E-state index in [1.54, 1.807) is 7.11 Å². The lowest BCUT2D eigenvalue weighted by Gasteiger charge is -2.07. The van der Waals surface area contributed by atoms with Crippen molar-refractivity contribution in [2.45, 2.75) is 13.3 Å². The van der Waals surface area contributed by atoms with Crippen LogP contribution in [0.15, 0.2) is 18.2 Å². The molecular weight excluding hydrogens is 166 g/mol. The van der Waals surface area contributed by atoms with E-state index in [1.165, 1.54) is 0 Å². The molecule has 3 heteroatoms. The minimum Gasteiger partial charge on any atom is -0.497 e. The quantitative estimate of drug-likeness (QED) is 0.716. The van der Waals surface area contributed by atoms with Gasteiger partial charge in [0.1, 0.15) is 5.75 Å². The maximum Gasteiger partial charge on any atom is 0.211 e. The van der Waals surface area contributed by atoms with E-state index in [0.717, 1.165) is 23.4 Å². The monoisotopic (exact) mass is 179 g/mol. The number of benzene rings is 1. The number of aryl methyl sites for hydroxylation is 1. The molecule has 0 unspecified atom stereocenters. The van der Waals surface area contributed by atoms with Crippen LogP contribution in [0.1, 0.15) is 12.5 Å². The highest BCUT2D eigenvalue weighted by Gasteiger charge is 2.00. The molecule has 1 amide bonds. The standard InChI is InChI=1S/C10H13NO2/c1-3-8-6-9(13-2)4-5-10(8)11-7-12/h4-7H,3H2,1-2H3,(H,11,12). The van der Waals surface area contributed by atoms with E-state index in [2.05, 4.69) is 5.32 Å². The van der Waals surface area contributed by atoms with Crippen molar-refractivity contribution < 1.29 is 9.53 Å². The van der Waals surface area contributed by atoms with Gasteiger partial charge in [0.05, 0.1) is 7.11 Å². The summed E-state index contributed by atoms with van der Waals surface area (Å²) in [6.45, 7) is 2.03.